The first kappa shape index (κ1) is 14.9. The largest absolute Gasteiger partial charge is 0.463 e. The first-order chi connectivity index (χ1) is 10.8. The molecule has 0 bridgehead atoms. The molecular weight excluding hydrogens is 278 g/mol. The number of rotatable bonds is 4. The Morgan fingerprint density at radius 1 is 1.18 bits per heavy atom. The monoisotopic (exact) mass is 299 g/mol. The van der Waals surface area contributed by atoms with Crippen LogP contribution in [0.3, 0.4) is 0 Å². The normalized spacial score (nSPS) is 15.7. The molecule has 0 radical (unpaired) electrons. The lowest BCUT2D eigenvalue weighted by Gasteiger charge is -2.26. The van der Waals surface area contributed by atoms with Gasteiger partial charge in [0.25, 0.3) is 0 Å². The van der Waals surface area contributed by atoms with E-state index in [1.165, 1.54) is 26.4 Å². The van der Waals surface area contributed by atoms with Crippen LogP contribution in [0.4, 0.5) is 0 Å². The van der Waals surface area contributed by atoms with Crippen LogP contribution in [0.25, 0.3) is 11.1 Å². The van der Waals surface area contributed by atoms with Crippen molar-refractivity contribution in [3.63, 3.8) is 0 Å². The standard InChI is InChI=1S/C18H21NO3/c1-21-18(20)17-16(14-8-4-2-5-9-14)15(13-22-17)12-19-10-6-3-7-11-19/h2,4-5,8-9,13H,3,6-7,10-12H2,1H3. The van der Waals surface area contributed by atoms with Crippen molar-refractivity contribution in [2.45, 2.75) is 25.8 Å². The SMILES string of the molecule is COC(=O)c1occ(CN2CCCCC2)c1-c1ccccc1. The van der Waals surface area contributed by atoms with Gasteiger partial charge in [-0.3, -0.25) is 4.90 Å². The molecule has 1 aliphatic rings. The van der Waals surface area contributed by atoms with Crippen LogP contribution in [0.15, 0.2) is 41.0 Å². The molecular formula is C18H21NO3. The van der Waals surface area contributed by atoms with E-state index in [4.69, 9.17) is 9.15 Å². The van der Waals surface area contributed by atoms with Crippen LogP contribution in [0.2, 0.25) is 0 Å². The second-order valence-electron chi connectivity index (χ2n) is 5.66. The van der Waals surface area contributed by atoms with E-state index in [9.17, 15) is 4.79 Å². The zero-order valence-electron chi connectivity index (χ0n) is 12.9. The molecule has 2 aromatic rings. The molecule has 4 heteroatoms. The fourth-order valence-corrected chi connectivity index (χ4v) is 3.03. The summed E-state index contributed by atoms with van der Waals surface area (Å²) in [4.78, 5) is 14.4. The second kappa shape index (κ2) is 6.79. The molecule has 0 spiro atoms. The first-order valence-corrected chi connectivity index (χ1v) is 7.76. The number of carbonyl (C=O) groups is 1. The van der Waals surface area contributed by atoms with Crippen molar-refractivity contribution < 1.29 is 13.9 Å². The highest BCUT2D eigenvalue weighted by Crippen LogP contribution is 2.31. The number of nitrogens with zero attached hydrogens (tertiary/aromatic N) is 1. The van der Waals surface area contributed by atoms with Crippen LogP contribution in [-0.4, -0.2) is 31.1 Å². The molecule has 0 saturated carbocycles. The van der Waals surface area contributed by atoms with Crippen LogP contribution in [0.1, 0.15) is 35.4 Å². The molecule has 0 N–H and O–H groups in total. The Balaban J connectivity index is 1.95. The molecule has 2 heterocycles. The summed E-state index contributed by atoms with van der Waals surface area (Å²) in [5.41, 5.74) is 2.90. The van der Waals surface area contributed by atoms with E-state index >= 15 is 0 Å². The van der Waals surface area contributed by atoms with Crippen LogP contribution in [-0.2, 0) is 11.3 Å². The quantitative estimate of drug-likeness (QED) is 0.807. The van der Waals surface area contributed by atoms with Crippen molar-refractivity contribution in [3.8, 4) is 11.1 Å². The lowest BCUT2D eigenvalue weighted by Crippen LogP contribution is -2.29. The highest BCUT2D eigenvalue weighted by Gasteiger charge is 2.23. The molecule has 0 atom stereocenters. The minimum absolute atomic E-state index is 0.292. The fraction of sp³-hybridized carbons (Fsp3) is 0.389. The first-order valence-electron chi connectivity index (χ1n) is 7.76. The minimum atomic E-state index is -0.427. The summed E-state index contributed by atoms with van der Waals surface area (Å²) in [5, 5.41) is 0. The molecule has 3 rings (SSSR count). The van der Waals surface area contributed by atoms with E-state index in [-0.39, 0.29) is 0 Å². The third kappa shape index (κ3) is 3.07. The molecule has 4 nitrogen and oxygen atoms in total. The van der Waals surface area contributed by atoms with Gasteiger partial charge in [0.2, 0.25) is 5.76 Å². The molecule has 1 saturated heterocycles. The van der Waals surface area contributed by atoms with Gasteiger partial charge in [0.1, 0.15) is 0 Å². The maximum atomic E-state index is 12.0. The Morgan fingerprint density at radius 3 is 2.59 bits per heavy atom. The van der Waals surface area contributed by atoms with Crippen molar-refractivity contribution in [1.29, 1.82) is 0 Å². The van der Waals surface area contributed by atoms with E-state index in [2.05, 4.69) is 4.90 Å². The number of likely N-dealkylation sites (tertiary alicyclic amines) is 1. The van der Waals surface area contributed by atoms with Gasteiger partial charge in [-0.2, -0.15) is 0 Å². The zero-order chi connectivity index (χ0) is 15.4. The summed E-state index contributed by atoms with van der Waals surface area (Å²) in [7, 11) is 1.38. The molecule has 22 heavy (non-hydrogen) atoms. The Hall–Kier alpha value is -2.07. The molecule has 1 aliphatic heterocycles. The number of furan rings is 1. The smallest absolute Gasteiger partial charge is 0.374 e. The van der Waals surface area contributed by atoms with E-state index in [1.807, 2.05) is 30.3 Å². The zero-order valence-corrected chi connectivity index (χ0v) is 12.9. The molecule has 0 unspecified atom stereocenters. The van der Waals surface area contributed by atoms with Gasteiger partial charge in [-0.1, -0.05) is 36.8 Å². The Bertz CT molecular complexity index is 627. The van der Waals surface area contributed by atoms with Gasteiger partial charge in [-0.05, 0) is 31.5 Å². The van der Waals surface area contributed by atoms with Crippen molar-refractivity contribution in [1.82, 2.24) is 4.90 Å². The van der Waals surface area contributed by atoms with Crippen molar-refractivity contribution in [2.75, 3.05) is 20.2 Å². The number of piperidine rings is 1. The van der Waals surface area contributed by atoms with Gasteiger partial charge in [-0.25, -0.2) is 4.79 Å². The Kier molecular flexibility index (Phi) is 4.59. The molecule has 1 aromatic carbocycles. The summed E-state index contributed by atoms with van der Waals surface area (Å²) in [6, 6.07) is 9.89. The number of hydrogen-bond acceptors (Lipinski definition) is 4. The lowest BCUT2D eigenvalue weighted by molar-refractivity contribution is 0.0566. The number of carbonyl (C=O) groups excluding carboxylic acids is 1. The molecule has 1 aromatic heterocycles. The van der Waals surface area contributed by atoms with Crippen molar-refractivity contribution >= 4 is 5.97 Å². The third-order valence-electron chi connectivity index (χ3n) is 4.14. The summed E-state index contributed by atoms with van der Waals surface area (Å²) in [6.45, 7) is 3.02. The highest BCUT2D eigenvalue weighted by molar-refractivity contribution is 5.95. The summed E-state index contributed by atoms with van der Waals surface area (Å²) in [6.07, 6.45) is 5.48. The maximum Gasteiger partial charge on any atom is 0.374 e. The van der Waals surface area contributed by atoms with Gasteiger partial charge in [0.05, 0.1) is 13.4 Å². The lowest BCUT2D eigenvalue weighted by atomic mass is 10.0. The van der Waals surface area contributed by atoms with Gasteiger partial charge in [0.15, 0.2) is 0 Å². The fourth-order valence-electron chi connectivity index (χ4n) is 3.03. The average Bonchev–Trinajstić information content (AvgIpc) is 2.99. The predicted molar refractivity (Wildman–Crippen MR) is 84.6 cm³/mol. The Morgan fingerprint density at radius 2 is 1.91 bits per heavy atom. The molecule has 0 amide bonds. The number of esters is 1. The second-order valence-corrected chi connectivity index (χ2v) is 5.66. The molecule has 116 valence electrons. The van der Waals surface area contributed by atoms with E-state index < -0.39 is 5.97 Å². The van der Waals surface area contributed by atoms with Crippen molar-refractivity contribution in [2.24, 2.45) is 0 Å². The van der Waals surface area contributed by atoms with E-state index in [0.717, 1.165) is 36.3 Å². The summed E-state index contributed by atoms with van der Waals surface area (Å²) >= 11 is 0. The Labute approximate surface area is 130 Å². The topological polar surface area (TPSA) is 42.7 Å². The van der Waals surface area contributed by atoms with Gasteiger partial charge >= 0.3 is 5.97 Å². The van der Waals surface area contributed by atoms with Crippen LogP contribution in [0, 0.1) is 0 Å². The number of benzene rings is 1. The number of ether oxygens (including phenoxy) is 1. The van der Waals surface area contributed by atoms with E-state index in [1.54, 1.807) is 6.26 Å². The number of hydrogen-bond donors (Lipinski definition) is 0. The van der Waals surface area contributed by atoms with Gasteiger partial charge in [0, 0.05) is 17.7 Å². The van der Waals surface area contributed by atoms with E-state index in [0.29, 0.717) is 5.76 Å². The van der Waals surface area contributed by atoms with Crippen molar-refractivity contribution in [3.05, 3.63) is 47.9 Å². The number of methoxy groups -OCH3 is 1. The predicted octanol–water partition coefficient (Wildman–Crippen LogP) is 3.72. The molecule has 1 fully saturated rings. The minimum Gasteiger partial charge on any atom is -0.463 e. The van der Waals surface area contributed by atoms with Gasteiger partial charge in [-0.15, -0.1) is 0 Å². The maximum absolute atomic E-state index is 12.0. The van der Waals surface area contributed by atoms with Crippen LogP contribution >= 0.6 is 0 Å². The summed E-state index contributed by atoms with van der Waals surface area (Å²) in [5.74, 6) is -0.135. The highest BCUT2D eigenvalue weighted by atomic mass is 16.5. The average molecular weight is 299 g/mol. The van der Waals surface area contributed by atoms with Gasteiger partial charge < -0.3 is 9.15 Å². The van der Waals surface area contributed by atoms with Crippen LogP contribution < -0.4 is 0 Å². The van der Waals surface area contributed by atoms with Crippen LogP contribution in [0.5, 0.6) is 0 Å². The third-order valence-corrected chi connectivity index (χ3v) is 4.14. The molecule has 0 aliphatic carbocycles. The summed E-state index contributed by atoms with van der Waals surface area (Å²) < 4.78 is 10.4.